The molecule has 0 aromatic carbocycles. The molecule has 22 heavy (non-hydrogen) atoms. The van der Waals surface area contributed by atoms with E-state index in [2.05, 4.69) is 20.8 Å². The van der Waals surface area contributed by atoms with Gasteiger partial charge in [-0.3, -0.25) is 9.59 Å². The minimum absolute atomic E-state index is 0.00591. The molecule has 3 unspecified atom stereocenters. The Labute approximate surface area is 131 Å². The van der Waals surface area contributed by atoms with Gasteiger partial charge in [0.25, 0.3) is 0 Å². The number of aliphatic hydroxyl groups is 1. The maximum absolute atomic E-state index is 12.1. The molecule has 1 N–H and O–H groups in total. The van der Waals surface area contributed by atoms with E-state index in [1.807, 2.05) is 0 Å². The minimum Gasteiger partial charge on any atom is -0.465 e. The van der Waals surface area contributed by atoms with Gasteiger partial charge < -0.3 is 14.6 Å². The van der Waals surface area contributed by atoms with Gasteiger partial charge in [0.1, 0.15) is 12.2 Å². The molecule has 6 atom stereocenters. The number of cyclic esters (lactones) is 1. The van der Waals surface area contributed by atoms with Crippen LogP contribution in [-0.4, -0.2) is 35.9 Å². The molecule has 2 aliphatic carbocycles. The normalized spacial score (nSPS) is 46.4. The summed E-state index contributed by atoms with van der Waals surface area (Å²) in [5, 5.41) is 10.8. The van der Waals surface area contributed by atoms with Crippen LogP contribution in [0.15, 0.2) is 0 Å². The van der Waals surface area contributed by atoms with Crippen molar-refractivity contribution in [3.63, 3.8) is 0 Å². The Morgan fingerprint density at radius 2 is 2.00 bits per heavy atom. The molecule has 0 aromatic rings. The Kier molecular flexibility index (Phi) is 3.55. The van der Waals surface area contributed by atoms with Crippen LogP contribution in [0.3, 0.4) is 0 Å². The molecule has 0 radical (unpaired) electrons. The number of hydrogen-bond acceptors (Lipinski definition) is 5. The van der Waals surface area contributed by atoms with Gasteiger partial charge in [-0.15, -0.1) is 0 Å². The Hall–Kier alpha value is -1.10. The van der Waals surface area contributed by atoms with Crippen LogP contribution in [0.5, 0.6) is 0 Å². The molecule has 1 heterocycles. The summed E-state index contributed by atoms with van der Waals surface area (Å²) in [7, 11) is 0. The van der Waals surface area contributed by atoms with Crippen molar-refractivity contribution in [3.05, 3.63) is 0 Å². The van der Waals surface area contributed by atoms with E-state index in [0.29, 0.717) is 6.61 Å². The first-order valence-electron chi connectivity index (χ1n) is 8.20. The summed E-state index contributed by atoms with van der Waals surface area (Å²) in [4.78, 5) is 23.7. The smallest absolute Gasteiger partial charge is 0.312 e. The lowest BCUT2D eigenvalue weighted by Gasteiger charge is -2.60. The van der Waals surface area contributed by atoms with Crippen LogP contribution >= 0.6 is 0 Å². The van der Waals surface area contributed by atoms with Crippen LogP contribution in [0.1, 0.15) is 47.0 Å². The van der Waals surface area contributed by atoms with E-state index in [0.717, 1.165) is 19.3 Å². The maximum atomic E-state index is 12.1. The first-order valence-corrected chi connectivity index (χ1v) is 8.20. The van der Waals surface area contributed by atoms with E-state index in [1.165, 1.54) is 6.92 Å². The van der Waals surface area contributed by atoms with Crippen LogP contribution < -0.4 is 0 Å². The molecule has 3 rings (SSSR count). The molecule has 1 aliphatic heterocycles. The van der Waals surface area contributed by atoms with Crippen molar-refractivity contribution in [2.75, 3.05) is 6.61 Å². The fourth-order valence-electron chi connectivity index (χ4n) is 5.61. The van der Waals surface area contributed by atoms with E-state index >= 15 is 0 Å². The second kappa shape index (κ2) is 4.95. The molecule has 3 aliphatic rings. The van der Waals surface area contributed by atoms with E-state index in [-0.39, 0.29) is 28.6 Å². The van der Waals surface area contributed by atoms with Crippen molar-refractivity contribution >= 4 is 11.9 Å². The van der Waals surface area contributed by atoms with Gasteiger partial charge in [-0.25, -0.2) is 0 Å². The first kappa shape index (κ1) is 15.8. The highest BCUT2D eigenvalue weighted by molar-refractivity contribution is 5.76. The van der Waals surface area contributed by atoms with E-state index < -0.39 is 24.1 Å². The van der Waals surface area contributed by atoms with E-state index in [9.17, 15) is 14.7 Å². The second-order valence-corrected chi connectivity index (χ2v) is 8.15. The standard InChI is InChI=1S/C17H26O5/c1-9(18)22-13-12(19)11-10(8-21-15(11)20)17(4)7-5-6-16(2,3)14(13)17/h10-14,19H,5-8H2,1-4H3/t10?,11?,12-,13+,14?,17+/m0/s1. The maximum Gasteiger partial charge on any atom is 0.312 e. The Balaban J connectivity index is 2.08. The van der Waals surface area contributed by atoms with E-state index in [4.69, 9.17) is 9.47 Å². The average molecular weight is 310 g/mol. The molecule has 0 amide bonds. The lowest BCUT2D eigenvalue weighted by Crippen LogP contribution is -2.64. The van der Waals surface area contributed by atoms with Gasteiger partial charge >= 0.3 is 11.9 Å². The third-order valence-electron chi connectivity index (χ3n) is 6.38. The average Bonchev–Trinajstić information content (AvgIpc) is 2.77. The highest BCUT2D eigenvalue weighted by atomic mass is 16.6. The van der Waals surface area contributed by atoms with Crippen LogP contribution in [0, 0.1) is 28.6 Å². The predicted octanol–water partition coefficient (Wildman–Crippen LogP) is 1.91. The van der Waals surface area contributed by atoms with Crippen molar-refractivity contribution in [2.45, 2.75) is 59.2 Å². The molecule has 124 valence electrons. The lowest BCUT2D eigenvalue weighted by molar-refractivity contribution is -0.216. The fraction of sp³-hybridized carbons (Fsp3) is 0.882. The number of carbonyl (C=O) groups is 2. The second-order valence-electron chi connectivity index (χ2n) is 8.15. The Bertz CT molecular complexity index is 499. The molecule has 0 spiro atoms. The number of aliphatic hydroxyl groups excluding tert-OH is 1. The third-order valence-corrected chi connectivity index (χ3v) is 6.38. The molecular weight excluding hydrogens is 284 g/mol. The number of hydrogen-bond donors (Lipinski definition) is 1. The van der Waals surface area contributed by atoms with Gasteiger partial charge in [-0.1, -0.05) is 27.2 Å². The van der Waals surface area contributed by atoms with Crippen molar-refractivity contribution < 1.29 is 24.2 Å². The summed E-state index contributed by atoms with van der Waals surface area (Å²) < 4.78 is 10.8. The summed E-state index contributed by atoms with van der Waals surface area (Å²) in [6.07, 6.45) is 1.48. The van der Waals surface area contributed by atoms with Crippen molar-refractivity contribution in [1.29, 1.82) is 0 Å². The Morgan fingerprint density at radius 3 is 2.64 bits per heavy atom. The number of rotatable bonds is 1. The van der Waals surface area contributed by atoms with Gasteiger partial charge in [0.05, 0.1) is 12.5 Å². The van der Waals surface area contributed by atoms with Crippen molar-refractivity contribution in [3.8, 4) is 0 Å². The zero-order chi connectivity index (χ0) is 16.3. The van der Waals surface area contributed by atoms with Gasteiger partial charge in [0, 0.05) is 18.8 Å². The SMILES string of the molecule is CC(=O)O[C@H]1C2C(C)(C)CCC[C@]2(C)C2COC(=O)C2[C@@H]1O. The molecule has 2 saturated carbocycles. The van der Waals surface area contributed by atoms with Crippen LogP contribution in [0.25, 0.3) is 0 Å². The van der Waals surface area contributed by atoms with Gasteiger partial charge in [0.2, 0.25) is 0 Å². The predicted molar refractivity (Wildman–Crippen MR) is 78.7 cm³/mol. The number of fused-ring (bicyclic) bond motifs is 3. The van der Waals surface area contributed by atoms with Gasteiger partial charge in [0.15, 0.2) is 0 Å². The Morgan fingerprint density at radius 1 is 1.32 bits per heavy atom. The zero-order valence-electron chi connectivity index (χ0n) is 13.8. The van der Waals surface area contributed by atoms with Crippen molar-refractivity contribution in [2.24, 2.45) is 28.6 Å². The summed E-state index contributed by atoms with van der Waals surface area (Å²) >= 11 is 0. The third kappa shape index (κ3) is 2.08. The molecule has 5 nitrogen and oxygen atoms in total. The molecule has 0 bridgehead atoms. The number of carbonyl (C=O) groups excluding carboxylic acids is 2. The molecule has 5 heteroatoms. The monoisotopic (exact) mass is 310 g/mol. The lowest BCUT2D eigenvalue weighted by atomic mass is 9.45. The molecule has 1 saturated heterocycles. The summed E-state index contributed by atoms with van der Waals surface area (Å²) in [6, 6.07) is 0. The van der Waals surface area contributed by atoms with Crippen LogP contribution in [0.4, 0.5) is 0 Å². The number of esters is 2. The molecular formula is C17H26O5. The highest BCUT2D eigenvalue weighted by Crippen LogP contribution is 2.63. The minimum atomic E-state index is -0.973. The van der Waals surface area contributed by atoms with Crippen LogP contribution in [-0.2, 0) is 19.1 Å². The largest absolute Gasteiger partial charge is 0.465 e. The molecule has 3 fully saturated rings. The van der Waals surface area contributed by atoms with Crippen LogP contribution in [0.2, 0.25) is 0 Å². The van der Waals surface area contributed by atoms with Crippen molar-refractivity contribution in [1.82, 2.24) is 0 Å². The zero-order valence-corrected chi connectivity index (χ0v) is 13.8. The summed E-state index contributed by atoms with van der Waals surface area (Å²) in [5.74, 6) is -1.29. The summed E-state index contributed by atoms with van der Waals surface area (Å²) in [5.41, 5.74) is -0.206. The van der Waals surface area contributed by atoms with E-state index in [1.54, 1.807) is 0 Å². The summed E-state index contributed by atoms with van der Waals surface area (Å²) in [6.45, 7) is 8.27. The first-order chi connectivity index (χ1) is 10.2. The quantitative estimate of drug-likeness (QED) is 0.749. The molecule has 0 aromatic heterocycles. The number of ether oxygens (including phenoxy) is 2. The van der Waals surface area contributed by atoms with Gasteiger partial charge in [-0.2, -0.15) is 0 Å². The topological polar surface area (TPSA) is 72.8 Å². The highest BCUT2D eigenvalue weighted by Gasteiger charge is 2.66. The fourth-order valence-corrected chi connectivity index (χ4v) is 5.61. The van der Waals surface area contributed by atoms with Gasteiger partial charge in [-0.05, 0) is 23.7 Å².